The average molecular weight is 419 g/mol. The molecule has 9 heteroatoms. The van der Waals surface area contributed by atoms with Gasteiger partial charge in [0.05, 0.1) is 17.9 Å². The lowest BCUT2D eigenvalue weighted by Crippen LogP contribution is -2.14. The summed E-state index contributed by atoms with van der Waals surface area (Å²) in [6, 6.07) is 1.91. The molecule has 0 aliphatic carbocycles. The molecule has 0 atom stereocenters. The van der Waals surface area contributed by atoms with E-state index in [1.807, 2.05) is 25.5 Å². The minimum atomic E-state index is -1.10. The number of nitrogen functional groups attached to an aromatic ring is 1. The Balaban J connectivity index is 1.93. The Hall–Kier alpha value is -3.48. The summed E-state index contributed by atoms with van der Waals surface area (Å²) in [6.07, 6.45) is 6.49. The number of nitrogens with two attached hydrogens (primary N) is 1. The maximum absolute atomic E-state index is 9.94. The second-order valence-electron chi connectivity index (χ2n) is 7.95. The zero-order chi connectivity index (χ0) is 22.2. The Morgan fingerprint density at radius 1 is 1.26 bits per heavy atom. The third-order valence-corrected chi connectivity index (χ3v) is 4.76. The van der Waals surface area contributed by atoms with Crippen LogP contribution in [-0.2, 0) is 18.3 Å². The molecule has 4 aromatic rings. The number of hydrogen-bond donors (Lipinski definition) is 2. The van der Waals surface area contributed by atoms with E-state index in [0.29, 0.717) is 29.0 Å². The molecule has 4 heterocycles. The molecule has 0 bridgehead atoms. The lowest BCUT2D eigenvalue weighted by atomic mass is 10.1. The standard InChI is InChI=1S/C22H25N7O2/c1-22(2,30)7-6-14-10-15-16(12-29(8-5-9-31-4)18(15)11-24-14)19-20-17(13-28(3)27-20)25-21(23)26-19/h10-13,30H,5,8-9H2,1-4H3,(H2,23,25). The van der Waals surface area contributed by atoms with E-state index >= 15 is 0 Å². The van der Waals surface area contributed by atoms with Crippen LogP contribution in [0.5, 0.6) is 0 Å². The van der Waals surface area contributed by atoms with Crippen LogP contribution in [0.4, 0.5) is 5.95 Å². The molecule has 0 saturated carbocycles. The second-order valence-corrected chi connectivity index (χ2v) is 7.95. The van der Waals surface area contributed by atoms with Crippen molar-refractivity contribution in [2.24, 2.45) is 7.05 Å². The summed E-state index contributed by atoms with van der Waals surface area (Å²) in [5.41, 5.74) is 9.29. The molecule has 160 valence electrons. The predicted molar refractivity (Wildman–Crippen MR) is 119 cm³/mol. The van der Waals surface area contributed by atoms with Gasteiger partial charge in [0.25, 0.3) is 0 Å². The Bertz CT molecular complexity index is 1320. The number of nitrogens with zero attached hydrogens (tertiary/aromatic N) is 6. The number of anilines is 1. The highest BCUT2D eigenvalue weighted by Crippen LogP contribution is 2.33. The van der Waals surface area contributed by atoms with Crippen molar-refractivity contribution in [3.63, 3.8) is 0 Å². The van der Waals surface area contributed by atoms with E-state index in [4.69, 9.17) is 10.5 Å². The van der Waals surface area contributed by atoms with Crippen molar-refractivity contribution in [2.45, 2.75) is 32.4 Å². The van der Waals surface area contributed by atoms with Crippen molar-refractivity contribution in [1.29, 1.82) is 0 Å². The first-order chi connectivity index (χ1) is 14.7. The SMILES string of the molecule is COCCCn1cc(-c2nc(N)nc3cn(C)nc23)c2cc(C#CC(C)(C)O)ncc21. The maximum atomic E-state index is 9.94. The molecule has 0 amide bonds. The van der Waals surface area contributed by atoms with Crippen LogP contribution in [0.2, 0.25) is 0 Å². The molecule has 0 aliphatic rings. The highest BCUT2D eigenvalue weighted by molar-refractivity contribution is 6.01. The monoisotopic (exact) mass is 419 g/mol. The fourth-order valence-corrected chi connectivity index (χ4v) is 3.46. The molecule has 0 radical (unpaired) electrons. The van der Waals surface area contributed by atoms with Crippen molar-refractivity contribution >= 4 is 27.9 Å². The van der Waals surface area contributed by atoms with E-state index in [2.05, 4.69) is 36.5 Å². The third kappa shape index (κ3) is 4.35. The molecule has 4 aromatic heterocycles. The molecular formula is C22H25N7O2. The topological polar surface area (TPSA) is 117 Å². The summed E-state index contributed by atoms with van der Waals surface area (Å²) in [5.74, 6) is 5.95. The summed E-state index contributed by atoms with van der Waals surface area (Å²) < 4.78 is 9.02. The normalized spacial score (nSPS) is 11.8. The van der Waals surface area contributed by atoms with Gasteiger partial charge in [-0.15, -0.1) is 0 Å². The summed E-state index contributed by atoms with van der Waals surface area (Å²) in [5, 5.41) is 15.4. The molecule has 9 nitrogen and oxygen atoms in total. The molecule has 4 rings (SSSR count). The highest BCUT2D eigenvalue weighted by Gasteiger charge is 2.18. The molecule has 0 fully saturated rings. The van der Waals surface area contributed by atoms with E-state index in [1.165, 1.54) is 0 Å². The number of aromatic nitrogens is 6. The molecule has 0 aromatic carbocycles. The van der Waals surface area contributed by atoms with E-state index in [-0.39, 0.29) is 5.95 Å². The van der Waals surface area contributed by atoms with Gasteiger partial charge in [-0.05, 0) is 32.3 Å². The van der Waals surface area contributed by atoms with E-state index < -0.39 is 5.60 Å². The average Bonchev–Trinajstić information content (AvgIpc) is 3.25. The van der Waals surface area contributed by atoms with Crippen LogP contribution in [-0.4, -0.2) is 53.7 Å². The van der Waals surface area contributed by atoms with E-state index in [1.54, 1.807) is 31.8 Å². The predicted octanol–water partition coefficient (Wildman–Crippen LogP) is 2.12. The number of pyridine rings is 1. The fourth-order valence-electron chi connectivity index (χ4n) is 3.46. The molecule has 0 aliphatic heterocycles. The van der Waals surface area contributed by atoms with Crippen LogP contribution in [0.3, 0.4) is 0 Å². The van der Waals surface area contributed by atoms with Gasteiger partial charge in [-0.25, -0.2) is 15.0 Å². The largest absolute Gasteiger partial charge is 0.385 e. The first-order valence-corrected chi connectivity index (χ1v) is 9.96. The first kappa shape index (κ1) is 20.8. The molecule has 0 saturated heterocycles. The minimum absolute atomic E-state index is 0.187. The molecule has 0 unspecified atom stereocenters. The zero-order valence-corrected chi connectivity index (χ0v) is 18.0. The van der Waals surface area contributed by atoms with Crippen LogP contribution in [0.1, 0.15) is 26.0 Å². The summed E-state index contributed by atoms with van der Waals surface area (Å²) >= 11 is 0. The Morgan fingerprint density at radius 2 is 2.06 bits per heavy atom. The quantitative estimate of drug-likeness (QED) is 0.376. The lowest BCUT2D eigenvalue weighted by Gasteiger charge is -2.06. The fraction of sp³-hybridized carbons (Fsp3) is 0.364. The Morgan fingerprint density at radius 3 is 2.81 bits per heavy atom. The number of fused-ring (bicyclic) bond motifs is 2. The van der Waals surface area contributed by atoms with Crippen LogP contribution in [0.25, 0.3) is 33.2 Å². The summed E-state index contributed by atoms with van der Waals surface area (Å²) in [7, 11) is 3.53. The highest BCUT2D eigenvalue weighted by atomic mass is 16.5. The third-order valence-electron chi connectivity index (χ3n) is 4.76. The molecule has 0 spiro atoms. The smallest absolute Gasteiger partial charge is 0.221 e. The molecule has 31 heavy (non-hydrogen) atoms. The van der Waals surface area contributed by atoms with Gasteiger partial charge in [-0.2, -0.15) is 5.10 Å². The van der Waals surface area contributed by atoms with Crippen LogP contribution in [0, 0.1) is 11.8 Å². The molecular weight excluding hydrogens is 394 g/mol. The van der Waals surface area contributed by atoms with Crippen molar-refractivity contribution < 1.29 is 9.84 Å². The number of aliphatic hydroxyl groups is 1. The van der Waals surface area contributed by atoms with Gasteiger partial charge in [0, 0.05) is 44.5 Å². The number of methoxy groups -OCH3 is 1. The zero-order valence-electron chi connectivity index (χ0n) is 18.0. The number of rotatable bonds is 5. The van der Waals surface area contributed by atoms with E-state index in [0.717, 1.165) is 29.4 Å². The molecule has 3 N–H and O–H groups in total. The van der Waals surface area contributed by atoms with Crippen LogP contribution < -0.4 is 5.73 Å². The van der Waals surface area contributed by atoms with Gasteiger partial charge in [-0.1, -0.05) is 5.92 Å². The Labute approximate surface area is 179 Å². The van der Waals surface area contributed by atoms with Crippen molar-refractivity contribution in [3.8, 4) is 23.1 Å². The van der Waals surface area contributed by atoms with Gasteiger partial charge in [0.2, 0.25) is 5.95 Å². The lowest BCUT2D eigenvalue weighted by molar-refractivity contribution is 0.143. The summed E-state index contributed by atoms with van der Waals surface area (Å²) in [6.45, 7) is 4.69. The summed E-state index contributed by atoms with van der Waals surface area (Å²) in [4.78, 5) is 13.3. The number of ether oxygens (including phenoxy) is 1. The number of hydrogen-bond acceptors (Lipinski definition) is 7. The van der Waals surface area contributed by atoms with Gasteiger partial charge in [-0.3, -0.25) is 4.68 Å². The van der Waals surface area contributed by atoms with Crippen LogP contribution >= 0.6 is 0 Å². The van der Waals surface area contributed by atoms with Gasteiger partial charge < -0.3 is 20.1 Å². The second kappa shape index (κ2) is 7.98. The van der Waals surface area contributed by atoms with Gasteiger partial charge in [0.15, 0.2) is 0 Å². The van der Waals surface area contributed by atoms with Gasteiger partial charge >= 0.3 is 0 Å². The Kier molecular flexibility index (Phi) is 5.35. The maximum Gasteiger partial charge on any atom is 0.221 e. The number of aryl methyl sites for hydroxylation is 2. The van der Waals surface area contributed by atoms with Crippen molar-refractivity contribution in [1.82, 2.24) is 29.3 Å². The van der Waals surface area contributed by atoms with Gasteiger partial charge in [0.1, 0.15) is 28.0 Å². The first-order valence-electron chi connectivity index (χ1n) is 9.96. The van der Waals surface area contributed by atoms with Crippen LogP contribution in [0.15, 0.2) is 24.7 Å². The van der Waals surface area contributed by atoms with Crippen molar-refractivity contribution in [3.05, 3.63) is 30.4 Å². The van der Waals surface area contributed by atoms with Crippen molar-refractivity contribution in [2.75, 3.05) is 19.5 Å². The van der Waals surface area contributed by atoms with E-state index in [9.17, 15) is 5.11 Å². The minimum Gasteiger partial charge on any atom is -0.385 e.